The van der Waals surface area contributed by atoms with Crippen molar-refractivity contribution >= 4 is 19.9 Å². The second kappa shape index (κ2) is 5.44. The lowest BCUT2D eigenvalue weighted by atomic mass is 10.2. The van der Waals surface area contributed by atoms with Crippen LogP contribution in [0.1, 0.15) is 25.7 Å². The third-order valence-electron chi connectivity index (χ3n) is 3.59. The van der Waals surface area contributed by atoms with Crippen LogP contribution in [0.4, 0.5) is 0 Å². The van der Waals surface area contributed by atoms with E-state index in [2.05, 4.69) is 10.0 Å². The zero-order chi connectivity index (χ0) is 13.2. The van der Waals surface area contributed by atoms with Gasteiger partial charge in [-0.05, 0) is 32.2 Å². The lowest BCUT2D eigenvalue weighted by Crippen LogP contribution is -2.37. The third kappa shape index (κ3) is 3.66. The van der Waals surface area contributed by atoms with Crippen LogP contribution in [0, 0.1) is 0 Å². The monoisotopic (exact) mass is 296 g/mol. The Balaban J connectivity index is 1.80. The number of sulfone groups is 1. The fourth-order valence-corrected chi connectivity index (χ4v) is 6.60. The highest BCUT2D eigenvalue weighted by Gasteiger charge is 2.36. The van der Waals surface area contributed by atoms with Gasteiger partial charge < -0.3 is 5.32 Å². The first-order valence-electron chi connectivity index (χ1n) is 6.31. The van der Waals surface area contributed by atoms with E-state index >= 15 is 0 Å². The number of nitrogens with one attached hydrogen (secondary N) is 2. The minimum absolute atomic E-state index is 0.0112. The van der Waals surface area contributed by atoms with Crippen molar-refractivity contribution in [3.8, 4) is 0 Å². The van der Waals surface area contributed by atoms with Crippen LogP contribution in [0.3, 0.4) is 0 Å². The van der Waals surface area contributed by atoms with E-state index in [0.717, 1.165) is 25.8 Å². The lowest BCUT2D eigenvalue weighted by molar-refractivity contribution is 0.534. The largest absolute Gasteiger partial charge is 0.314 e. The first-order valence-corrected chi connectivity index (χ1v) is 9.68. The predicted molar refractivity (Wildman–Crippen MR) is 69.6 cm³/mol. The summed E-state index contributed by atoms with van der Waals surface area (Å²) in [6.07, 6.45) is 3.20. The molecule has 0 aliphatic carbocycles. The number of hydrogen-bond donors (Lipinski definition) is 2. The standard InChI is InChI=1S/C10H20N2O4S2/c13-17(14)7-4-10(8-17)18(15,16)12-6-3-9-2-1-5-11-9/h9-12H,1-8H2. The molecule has 2 N–H and O–H groups in total. The van der Waals surface area contributed by atoms with E-state index in [1.54, 1.807) is 0 Å². The van der Waals surface area contributed by atoms with Crippen LogP contribution in [0.25, 0.3) is 0 Å². The van der Waals surface area contributed by atoms with Crippen LogP contribution in [0.15, 0.2) is 0 Å². The van der Waals surface area contributed by atoms with Gasteiger partial charge in [0.05, 0.1) is 16.8 Å². The molecule has 6 nitrogen and oxygen atoms in total. The molecule has 2 fully saturated rings. The van der Waals surface area contributed by atoms with Gasteiger partial charge in [-0.2, -0.15) is 0 Å². The number of sulfonamides is 1. The molecule has 0 radical (unpaired) electrons. The van der Waals surface area contributed by atoms with E-state index < -0.39 is 25.1 Å². The molecule has 2 unspecified atom stereocenters. The van der Waals surface area contributed by atoms with Crippen molar-refractivity contribution in [2.45, 2.75) is 37.0 Å². The van der Waals surface area contributed by atoms with Crippen molar-refractivity contribution in [2.24, 2.45) is 0 Å². The summed E-state index contributed by atoms with van der Waals surface area (Å²) in [6.45, 7) is 1.38. The van der Waals surface area contributed by atoms with Gasteiger partial charge >= 0.3 is 0 Å². The molecule has 0 aromatic heterocycles. The van der Waals surface area contributed by atoms with Crippen molar-refractivity contribution in [1.82, 2.24) is 10.0 Å². The van der Waals surface area contributed by atoms with E-state index in [0.29, 0.717) is 12.6 Å². The molecule has 2 aliphatic heterocycles. The number of rotatable bonds is 5. The average Bonchev–Trinajstić information content (AvgIpc) is 2.87. The molecule has 8 heteroatoms. The smallest absolute Gasteiger partial charge is 0.215 e. The summed E-state index contributed by atoms with van der Waals surface area (Å²) in [5.41, 5.74) is 0. The van der Waals surface area contributed by atoms with E-state index in [-0.39, 0.29) is 17.9 Å². The molecular formula is C10H20N2O4S2. The fraction of sp³-hybridized carbons (Fsp3) is 1.00. The molecule has 2 saturated heterocycles. The van der Waals surface area contributed by atoms with Gasteiger partial charge in [0, 0.05) is 12.6 Å². The summed E-state index contributed by atoms with van der Waals surface area (Å²) in [4.78, 5) is 0. The molecule has 0 bridgehead atoms. The van der Waals surface area contributed by atoms with E-state index in [1.165, 1.54) is 0 Å². The maximum atomic E-state index is 11.9. The molecule has 0 aromatic rings. The van der Waals surface area contributed by atoms with Crippen LogP contribution in [0.5, 0.6) is 0 Å². The third-order valence-corrected chi connectivity index (χ3v) is 7.45. The van der Waals surface area contributed by atoms with Gasteiger partial charge in [-0.3, -0.25) is 0 Å². The van der Waals surface area contributed by atoms with Crippen molar-refractivity contribution in [3.05, 3.63) is 0 Å². The summed E-state index contributed by atoms with van der Waals surface area (Å²) >= 11 is 0. The zero-order valence-corrected chi connectivity index (χ0v) is 11.9. The molecule has 2 heterocycles. The van der Waals surface area contributed by atoms with Gasteiger partial charge in [-0.15, -0.1) is 0 Å². The van der Waals surface area contributed by atoms with Gasteiger partial charge in [0.1, 0.15) is 0 Å². The molecule has 0 spiro atoms. The Morgan fingerprint density at radius 1 is 1.28 bits per heavy atom. The molecule has 0 saturated carbocycles. The van der Waals surface area contributed by atoms with Crippen LogP contribution < -0.4 is 10.0 Å². The first kappa shape index (κ1) is 14.2. The minimum atomic E-state index is -3.48. The Bertz CT molecular complexity index is 480. The van der Waals surface area contributed by atoms with Crippen LogP contribution in [-0.2, 0) is 19.9 Å². The maximum Gasteiger partial charge on any atom is 0.215 e. The van der Waals surface area contributed by atoms with Crippen LogP contribution in [0.2, 0.25) is 0 Å². The summed E-state index contributed by atoms with van der Waals surface area (Å²) < 4.78 is 48.9. The molecular weight excluding hydrogens is 276 g/mol. The Hall–Kier alpha value is -0.180. The Morgan fingerprint density at radius 3 is 2.61 bits per heavy atom. The van der Waals surface area contributed by atoms with Gasteiger partial charge in [0.2, 0.25) is 10.0 Å². The van der Waals surface area contributed by atoms with Crippen molar-refractivity contribution in [1.29, 1.82) is 0 Å². The van der Waals surface area contributed by atoms with Crippen LogP contribution >= 0.6 is 0 Å². The average molecular weight is 296 g/mol. The highest BCUT2D eigenvalue weighted by atomic mass is 32.2. The number of hydrogen-bond acceptors (Lipinski definition) is 5. The Kier molecular flexibility index (Phi) is 4.30. The molecule has 2 atom stereocenters. The van der Waals surface area contributed by atoms with Gasteiger partial charge in [-0.1, -0.05) is 0 Å². The molecule has 0 amide bonds. The van der Waals surface area contributed by atoms with Crippen molar-refractivity contribution in [2.75, 3.05) is 24.6 Å². The SMILES string of the molecule is O=S1(=O)CCC(S(=O)(=O)NCCC2CCCN2)C1. The molecule has 18 heavy (non-hydrogen) atoms. The maximum absolute atomic E-state index is 11.9. The topological polar surface area (TPSA) is 92.3 Å². The second-order valence-corrected chi connectivity index (χ2v) is 9.32. The summed E-state index contributed by atoms with van der Waals surface area (Å²) in [5.74, 6) is -0.243. The van der Waals surface area contributed by atoms with Crippen molar-refractivity contribution < 1.29 is 16.8 Å². The van der Waals surface area contributed by atoms with Crippen LogP contribution in [-0.4, -0.2) is 52.7 Å². The molecule has 0 aromatic carbocycles. The predicted octanol–water partition coefficient (Wildman–Crippen LogP) is -0.765. The van der Waals surface area contributed by atoms with Gasteiger partial charge in [0.15, 0.2) is 9.84 Å². The highest BCUT2D eigenvalue weighted by molar-refractivity contribution is 7.95. The lowest BCUT2D eigenvalue weighted by Gasteiger charge is -2.13. The molecule has 2 rings (SSSR count). The second-order valence-electron chi connectivity index (χ2n) is 5.05. The molecule has 106 valence electrons. The molecule has 2 aliphatic rings. The van der Waals surface area contributed by atoms with E-state index in [1.807, 2.05) is 0 Å². The highest BCUT2D eigenvalue weighted by Crippen LogP contribution is 2.18. The Morgan fingerprint density at radius 2 is 2.06 bits per heavy atom. The summed E-state index contributed by atoms with van der Waals surface area (Å²) in [7, 11) is -6.63. The summed E-state index contributed by atoms with van der Waals surface area (Å²) in [5, 5.41) is 2.53. The normalized spacial score (nSPS) is 31.8. The minimum Gasteiger partial charge on any atom is -0.314 e. The van der Waals surface area contributed by atoms with Gasteiger partial charge in [-0.25, -0.2) is 21.6 Å². The van der Waals surface area contributed by atoms with E-state index in [9.17, 15) is 16.8 Å². The van der Waals surface area contributed by atoms with Gasteiger partial charge in [0.25, 0.3) is 0 Å². The summed E-state index contributed by atoms with van der Waals surface area (Å²) in [6, 6.07) is 0.389. The zero-order valence-electron chi connectivity index (χ0n) is 10.3. The Labute approximate surface area is 108 Å². The van der Waals surface area contributed by atoms with Crippen molar-refractivity contribution in [3.63, 3.8) is 0 Å². The quantitative estimate of drug-likeness (QED) is 0.695. The fourth-order valence-electron chi connectivity index (χ4n) is 2.50. The first-order chi connectivity index (χ1) is 8.39. The van der Waals surface area contributed by atoms with E-state index in [4.69, 9.17) is 0 Å².